The van der Waals surface area contributed by atoms with Crippen molar-refractivity contribution in [1.29, 1.82) is 5.26 Å². The molecule has 0 aliphatic carbocycles. The molecule has 5 heterocycles. The first-order chi connectivity index (χ1) is 17.8. The summed E-state index contributed by atoms with van der Waals surface area (Å²) in [7, 11) is -1.97. The number of sulfone groups is 1. The summed E-state index contributed by atoms with van der Waals surface area (Å²) in [5, 5.41) is 17.9. The predicted octanol–water partition coefficient (Wildman–Crippen LogP) is 1.58. The van der Waals surface area contributed by atoms with E-state index in [0.29, 0.717) is 37.7 Å². The molecule has 3 atom stereocenters. The standard InChI is InChI=1S/C25H32N8O4S/c1-15-12-32(23(34)25(5)7-8-38(25,35)36)16(2)11-31(15)20-19-21(28-14-27-20)33(13-24(19,3)4)18-9-17(10-26)22(37-6)30-29-18/h9,14-16H,7-8,11-13H2,1-6H3/t15-,16+,25?/m0/s1. The van der Waals surface area contributed by atoms with E-state index < -0.39 is 14.6 Å². The summed E-state index contributed by atoms with van der Waals surface area (Å²) < 4.78 is 28.6. The van der Waals surface area contributed by atoms with Crippen LogP contribution < -0.4 is 14.5 Å². The number of hydrogen-bond acceptors (Lipinski definition) is 11. The maximum atomic E-state index is 13.4. The summed E-state index contributed by atoms with van der Waals surface area (Å²) in [6.45, 7) is 11.2. The Bertz CT molecular complexity index is 1460. The van der Waals surface area contributed by atoms with E-state index in [1.54, 1.807) is 17.9 Å². The van der Waals surface area contributed by atoms with Crippen molar-refractivity contribution in [3.63, 3.8) is 0 Å². The van der Waals surface area contributed by atoms with Gasteiger partial charge in [-0.05, 0) is 27.2 Å². The topological polar surface area (TPSA) is 146 Å². The van der Waals surface area contributed by atoms with Gasteiger partial charge in [0.2, 0.25) is 5.91 Å². The lowest BCUT2D eigenvalue weighted by Crippen LogP contribution is -2.66. The number of methoxy groups -OCH3 is 1. The third-order valence-electron chi connectivity index (χ3n) is 8.14. The molecule has 2 aromatic rings. The van der Waals surface area contributed by atoms with Gasteiger partial charge in [0.05, 0.1) is 12.9 Å². The largest absolute Gasteiger partial charge is 0.479 e. The highest BCUT2D eigenvalue weighted by Gasteiger charge is 2.57. The number of fused-ring (bicyclic) bond motifs is 1. The van der Waals surface area contributed by atoms with Gasteiger partial charge in [0, 0.05) is 48.8 Å². The molecule has 0 saturated carbocycles. The molecule has 12 nitrogen and oxygen atoms in total. The number of anilines is 3. The molecule has 0 bridgehead atoms. The van der Waals surface area contributed by atoms with Crippen LogP contribution in [0.4, 0.5) is 17.5 Å². The van der Waals surface area contributed by atoms with Gasteiger partial charge in [-0.2, -0.15) is 5.26 Å². The molecule has 1 amide bonds. The molecule has 1 unspecified atom stereocenters. The van der Waals surface area contributed by atoms with Gasteiger partial charge in [0.25, 0.3) is 5.88 Å². The van der Waals surface area contributed by atoms with Crippen LogP contribution in [0.5, 0.6) is 5.88 Å². The Morgan fingerprint density at radius 1 is 1.13 bits per heavy atom. The molecule has 13 heteroatoms. The molecule has 0 aromatic carbocycles. The first kappa shape index (κ1) is 26.1. The van der Waals surface area contributed by atoms with E-state index in [4.69, 9.17) is 9.72 Å². The number of amides is 1. The molecule has 38 heavy (non-hydrogen) atoms. The Kier molecular flexibility index (Phi) is 6.01. The number of ether oxygens (including phenoxy) is 1. The second-order valence-electron chi connectivity index (χ2n) is 11.2. The van der Waals surface area contributed by atoms with Crippen LogP contribution in [0, 0.1) is 11.3 Å². The third kappa shape index (κ3) is 3.76. The van der Waals surface area contributed by atoms with E-state index in [9.17, 15) is 18.5 Å². The Morgan fingerprint density at radius 2 is 1.84 bits per heavy atom. The molecule has 3 aliphatic heterocycles. The molecular formula is C25H32N8O4S. The minimum Gasteiger partial charge on any atom is -0.479 e. The maximum Gasteiger partial charge on any atom is 0.251 e. The summed E-state index contributed by atoms with van der Waals surface area (Å²) in [6, 6.07) is 3.44. The average Bonchev–Trinajstić information content (AvgIpc) is 3.18. The fourth-order valence-corrected chi connectivity index (χ4v) is 7.22. The maximum absolute atomic E-state index is 13.4. The minimum atomic E-state index is -3.41. The fraction of sp³-hybridized carbons (Fsp3) is 0.600. The number of piperazine rings is 1. The quantitative estimate of drug-likeness (QED) is 0.557. The van der Waals surface area contributed by atoms with Crippen molar-refractivity contribution < 1.29 is 17.9 Å². The first-order valence-electron chi connectivity index (χ1n) is 12.6. The van der Waals surface area contributed by atoms with Crippen molar-refractivity contribution in [2.75, 3.05) is 42.3 Å². The van der Waals surface area contributed by atoms with Crippen molar-refractivity contribution in [1.82, 2.24) is 25.1 Å². The zero-order valence-electron chi connectivity index (χ0n) is 22.5. The Hall–Kier alpha value is -3.53. The van der Waals surface area contributed by atoms with E-state index >= 15 is 0 Å². The van der Waals surface area contributed by atoms with Crippen molar-refractivity contribution >= 4 is 33.2 Å². The Labute approximate surface area is 222 Å². The van der Waals surface area contributed by atoms with Gasteiger partial charge >= 0.3 is 0 Å². The van der Waals surface area contributed by atoms with E-state index in [-0.39, 0.29) is 40.6 Å². The molecule has 0 spiro atoms. The molecule has 5 rings (SSSR count). The van der Waals surface area contributed by atoms with Crippen molar-refractivity contribution in [2.24, 2.45) is 0 Å². The van der Waals surface area contributed by atoms with Crippen molar-refractivity contribution in [3.05, 3.63) is 23.5 Å². The number of rotatable bonds is 4. The summed E-state index contributed by atoms with van der Waals surface area (Å²) in [4.78, 5) is 28.5. The lowest BCUT2D eigenvalue weighted by atomic mass is 9.87. The van der Waals surface area contributed by atoms with Crippen LogP contribution in [0.25, 0.3) is 0 Å². The lowest BCUT2D eigenvalue weighted by molar-refractivity contribution is -0.137. The number of nitriles is 1. The predicted molar refractivity (Wildman–Crippen MR) is 140 cm³/mol. The van der Waals surface area contributed by atoms with Crippen LogP contribution in [0.2, 0.25) is 0 Å². The van der Waals surface area contributed by atoms with E-state index in [2.05, 4.69) is 40.0 Å². The number of aromatic nitrogens is 4. The Balaban J connectivity index is 1.48. The first-order valence-corrected chi connectivity index (χ1v) is 14.2. The van der Waals surface area contributed by atoms with Gasteiger partial charge in [-0.25, -0.2) is 18.4 Å². The third-order valence-corrected chi connectivity index (χ3v) is 10.6. The molecule has 3 aliphatic rings. The van der Waals surface area contributed by atoms with Crippen molar-refractivity contribution in [2.45, 2.75) is 63.3 Å². The van der Waals surface area contributed by atoms with Crippen LogP contribution in [0.3, 0.4) is 0 Å². The Morgan fingerprint density at radius 3 is 2.45 bits per heavy atom. The van der Waals surface area contributed by atoms with Gasteiger partial charge in [-0.1, -0.05) is 13.8 Å². The number of hydrogen-bond donors (Lipinski definition) is 0. The highest BCUT2D eigenvalue weighted by atomic mass is 32.2. The number of nitrogens with zero attached hydrogens (tertiary/aromatic N) is 8. The van der Waals surface area contributed by atoms with Crippen LogP contribution in [-0.4, -0.2) is 88.7 Å². The summed E-state index contributed by atoms with van der Waals surface area (Å²) in [5.41, 5.74) is 0.871. The monoisotopic (exact) mass is 540 g/mol. The molecule has 2 fully saturated rings. The van der Waals surface area contributed by atoms with Crippen LogP contribution in [0.15, 0.2) is 12.4 Å². The zero-order chi connectivity index (χ0) is 27.6. The summed E-state index contributed by atoms with van der Waals surface area (Å²) in [5.74, 6) is 1.87. The van der Waals surface area contributed by atoms with Crippen LogP contribution in [0.1, 0.15) is 52.2 Å². The van der Waals surface area contributed by atoms with Gasteiger partial charge in [0.15, 0.2) is 15.7 Å². The summed E-state index contributed by atoms with van der Waals surface area (Å²) >= 11 is 0. The number of carbonyl (C=O) groups is 1. The van der Waals surface area contributed by atoms with Gasteiger partial charge in [0.1, 0.15) is 34.3 Å². The minimum absolute atomic E-state index is 0.0617. The molecule has 2 aromatic heterocycles. The second-order valence-corrected chi connectivity index (χ2v) is 13.7. The SMILES string of the molecule is COc1nnc(N2CC(C)(C)c3c2ncnc3N2C[C@@H](C)N(C(=O)C3(C)CCS3(=O)=O)C[C@@H]2C)cc1C#N. The normalized spacial score (nSPS) is 27.3. The van der Waals surface area contributed by atoms with Crippen LogP contribution >= 0.6 is 0 Å². The smallest absolute Gasteiger partial charge is 0.251 e. The molecule has 2 saturated heterocycles. The highest BCUT2D eigenvalue weighted by Crippen LogP contribution is 2.47. The average molecular weight is 541 g/mol. The molecule has 202 valence electrons. The fourth-order valence-electron chi connectivity index (χ4n) is 5.69. The van der Waals surface area contributed by atoms with Gasteiger partial charge < -0.3 is 19.4 Å². The summed E-state index contributed by atoms with van der Waals surface area (Å²) in [6.07, 6.45) is 1.88. The van der Waals surface area contributed by atoms with E-state index in [1.165, 1.54) is 13.4 Å². The van der Waals surface area contributed by atoms with E-state index in [0.717, 1.165) is 11.4 Å². The van der Waals surface area contributed by atoms with Gasteiger partial charge in [-0.15, -0.1) is 10.2 Å². The lowest BCUT2D eigenvalue weighted by Gasteiger charge is -2.49. The van der Waals surface area contributed by atoms with Crippen LogP contribution in [-0.2, 0) is 20.0 Å². The molecule has 0 N–H and O–H groups in total. The zero-order valence-corrected chi connectivity index (χ0v) is 23.3. The highest BCUT2D eigenvalue weighted by molar-refractivity contribution is 7.95. The van der Waals surface area contributed by atoms with Gasteiger partial charge in [-0.3, -0.25) is 4.79 Å². The van der Waals surface area contributed by atoms with E-state index in [1.807, 2.05) is 18.7 Å². The molecular weight excluding hydrogens is 508 g/mol. The second kappa shape index (κ2) is 8.76. The number of carbonyl (C=O) groups excluding carboxylic acids is 1. The molecule has 0 radical (unpaired) electrons. The van der Waals surface area contributed by atoms with Crippen molar-refractivity contribution in [3.8, 4) is 11.9 Å².